The molecule has 0 saturated heterocycles. The highest BCUT2D eigenvalue weighted by Crippen LogP contribution is 2.31. The van der Waals surface area contributed by atoms with Crippen LogP contribution in [0.4, 0.5) is 0 Å². The second-order valence-electron chi connectivity index (χ2n) is 4.14. The van der Waals surface area contributed by atoms with Crippen molar-refractivity contribution in [1.29, 1.82) is 0 Å². The molecular formula is C13H14O4. The number of hydrogen-bond acceptors (Lipinski definition) is 3. The van der Waals surface area contributed by atoms with Crippen LogP contribution in [0.25, 0.3) is 0 Å². The number of rotatable bonds is 3. The fourth-order valence-electron chi connectivity index (χ4n) is 2.06. The number of carbonyl (C=O) groups excluding carboxylic acids is 1. The summed E-state index contributed by atoms with van der Waals surface area (Å²) in [5.41, 5.74) is 0.981. The molecule has 4 nitrogen and oxygen atoms in total. The van der Waals surface area contributed by atoms with E-state index in [2.05, 4.69) is 0 Å². The molecule has 1 atom stereocenters. The normalized spacial score (nSPS) is 18.4. The lowest BCUT2D eigenvalue weighted by Gasteiger charge is -2.25. The Hall–Kier alpha value is -1.84. The van der Waals surface area contributed by atoms with Gasteiger partial charge in [-0.25, -0.2) is 0 Å². The molecule has 0 aliphatic carbocycles. The van der Waals surface area contributed by atoms with Crippen molar-refractivity contribution < 1.29 is 19.4 Å². The lowest BCUT2D eigenvalue weighted by molar-refractivity contribution is -0.136. The standard InChI is InChI=1S/C13H14O4/c1-2-9-7-10(14)13-8(6-12(15)16)4-3-5-11(13)17-9/h3-5,9H,2,6-7H2,1H3,(H,15,16). The molecule has 1 aromatic carbocycles. The zero-order chi connectivity index (χ0) is 12.4. The monoisotopic (exact) mass is 234 g/mol. The molecule has 0 radical (unpaired) electrons. The Morgan fingerprint density at radius 3 is 2.94 bits per heavy atom. The van der Waals surface area contributed by atoms with Gasteiger partial charge in [0, 0.05) is 6.42 Å². The number of fused-ring (bicyclic) bond motifs is 1. The summed E-state index contributed by atoms with van der Waals surface area (Å²) in [6.45, 7) is 1.96. The summed E-state index contributed by atoms with van der Waals surface area (Å²) in [6, 6.07) is 5.11. The van der Waals surface area contributed by atoms with Crippen LogP contribution >= 0.6 is 0 Å². The Morgan fingerprint density at radius 1 is 1.53 bits per heavy atom. The molecule has 0 bridgehead atoms. The molecule has 1 heterocycles. The minimum absolute atomic E-state index is 0.0186. The van der Waals surface area contributed by atoms with Gasteiger partial charge in [0.15, 0.2) is 5.78 Å². The summed E-state index contributed by atoms with van der Waals surface area (Å²) in [4.78, 5) is 22.7. The fourth-order valence-corrected chi connectivity index (χ4v) is 2.06. The van der Waals surface area contributed by atoms with Crippen molar-refractivity contribution in [1.82, 2.24) is 0 Å². The maximum Gasteiger partial charge on any atom is 0.307 e. The molecule has 1 aliphatic rings. The molecule has 2 rings (SSSR count). The Labute approximate surface area is 99.2 Å². The van der Waals surface area contributed by atoms with E-state index >= 15 is 0 Å². The number of carboxylic acid groups (broad SMARTS) is 1. The molecule has 4 heteroatoms. The summed E-state index contributed by atoms with van der Waals surface area (Å²) in [6.07, 6.45) is 0.874. The van der Waals surface area contributed by atoms with Crippen LogP contribution in [-0.2, 0) is 11.2 Å². The van der Waals surface area contributed by atoms with Crippen molar-refractivity contribution in [2.45, 2.75) is 32.3 Å². The molecule has 1 unspecified atom stereocenters. The van der Waals surface area contributed by atoms with E-state index in [0.29, 0.717) is 23.3 Å². The number of ketones is 1. The van der Waals surface area contributed by atoms with E-state index in [-0.39, 0.29) is 18.3 Å². The maximum absolute atomic E-state index is 12.0. The molecule has 0 spiro atoms. The highest BCUT2D eigenvalue weighted by molar-refractivity contribution is 6.02. The molecule has 0 fully saturated rings. The first-order chi connectivity index (χ1) is 8.11. The van der Waals surface area contributed by atoms with Gasteiger partial charge in [-0.2, -0.15) is 0 Å². The van der Waals surface area contributed by atoms with E-state index in [0.717, 1.165) is 6.42 Å². The number of Topliss-reactive ketones (excluding diaryl/α,β-unsaturated/α-hetero) is 1. The molecule has 17 heavy (non-hydrogen) atoms. The van der Waals surface area contributed by atoms with E-state index in [4.69, 9.17) is 9.84 Å². The molecule has 0 saturated carbocycles. The van der Waals surface area contributed by atoms with Crippen LogP contribution in [-0.4, -0.2) is 23.0 Å². The van der Waals surface area contributed by atoms with Crippen LogP contribution in [0.5, 0.6) is 5.75 Å². The van der Waals surface area contributed by atoms with Gasteiger partial charge in [0.2, 0.25) is 0 Å². The molecule has 1 N–H and O–H groups in total. The van der Waals surface area contributed by atoms with E-state index in [9.17, 15) is 9.59 Å². The first kappa shape index (κ1) is 11.6. The summed E-state index contributed by atoms with van der Waals surface area (Å²) in [5, 5.41) is 8.80. The van der Waals surface area contributed by atoms with Crippen LogP contribution in [0, 0.1) is 0 Å². The quantitative estimate of drug-likeness (QED) is 0.869. The SMILES string of the molecule is CCC1CC(=O)c2c(CC(=O)O)cccc2O1. The zero-order valence-electron chi connectivity index (χ0n) is 9.60. The topological polar surface area (TPSA) is 63.6 Å². The Kier molecular flexibility index (Phi) is 3.13. The lowest BCUT2D eigenvalue weighted by Crippen LogP contribution is -2.27. The predicted molar refractivity (Wildman–Crippen MR) is 61.4 cm³/mol. The number of hydrogen-bond donors (Lipinski definition) is 1. The number of carboxylic acids is 1. The third kappa shape index (κ3) is 2.30. The zero-order valence-corrected chi connectivity index (χ0v) is 9.60. The van der Waals surface area contributed by atoms with Crippen molar-refractivity contribution in [2.24, 2.45) is 0 Å². The average Bonchev–Trinajstić information content (AvgIpc) is 2.27. The van der Waals surface area contributed by atoms with Crippen LogP contribution in [0.15, 0.2) is 18.2 Å². The number of benzene rings is 1. The van der Waals surface area contributed by atoms with E-state index < -0.39 is 5.97 Å². The fraction of sp³-hybridized carbons (Fsp3) is 0.385. The summed E-state index contributed by atoms with van der Waals surface area (Å²) < 4.78 is 5.66. The Morgan fingerprint density at radius 2 is 2.29 bits per heavy atom. The van der Waals surface area contributed by atoms with Gasteiger partial charge in [0.05, 0.1) is 12.0 Å². The largest absolute Gasteiger partial charge is 0.489 e. The van der Waals surface area contributed by atoms with Crippen molar-refractivity contribution in [2.75, 3.05) is 0 Å². The van der Waals surface area contributed by atoms with E-state index in [1.165, 1.54) is 0 Å². The Bertz CT molecular complexity index is 464. The van der Waals surface area contributed by atoms with Gasteiger partial charge < -0.3 is 9.84 Å². The highest BCUT2D eigenvalue weighted by atomic mass is 16.5. The van der Waals surface area contributed by atoms with E-state index in [1.54, 1.807) is 18.2 Å². The molecule has 1 aromatic rings. The van der Waals surface area contributed by atoms with Gasteiger partial charge in [-0.05, 0) is 18.1 Å². The average molecular weight is 234 g/mol. The molecule has 1 aliphatic heterocycles. The maximum atomic E-state index is 12.0. The first-order valence-electron chi connectivity index (χ1n) is 5.65. The smallest absolute Gasteiger partial charge is 0.307 e. The third-order valence-electron chi connectivity index (χ3n) is 2.90. The van der Waals surface area contributed by atoms with Gasteiger partial charge in [-0.1, -0.05) is 19.1 Å². The van der Waals surface area contributed by atoms with Crippen molar-refractivity contribution in [3.8, 4) is 5.75 Å². The summed E-state index contributed by atoms with van der Waals surface area (Å²) in [7, 11) is 0. The van der Waals surface area contributed by atoms with Crippen molar-refractivity contribution in [3.05, 3.63) is 29.3 Å². The predicted octanol–water partition coefficient (Wildman–Crippen LogP) is 2.06. The van der Waals surface area contributed by atoms with Crippen LogP contribution in [0.1, 0.15) is 35.7 Å². The highest BCUT2D eigenvalue weighted by Gasteiger charge is 2.27. The number of ether oxygens (including phenoxy) is 1. The summed E-state index contributed by atoms with van der Waals surface area (Å²) >= 11 is 0. The molecule has 0 amide bonds. The van der Waals surface area contributed by atoms with Crippen molar-refractivity contribution in [3.63, 3.8) is 0 Å². The number of aliphatic carboxylic acids is 1. The van der Waals surface area contributed by atoms with Gasteiger partial charge >= 0.3 is 5.97 Å². The molecule has 0 aromatic heterocycles. The Balaban J connectivity index is 2.40. The second kappa shape index (κ2) is 4.57. The van der Waals surface area contributed by atoms with Crippen LogP contribution < -0.4 is 4.74 Å². The van der Waals surface area contributed by atoms with E-state index in [1.807, 2.05) is 6.92 Å². The van der Waals surface area contributed by atoms with Crippen LogP contribution in [0.2, 0.25) is 0 Å². The third-order valence-corrected chi connectivity index (χ3v) is 2.90. The van der Waals surface area contributed by atoms with Gasteiger partial charge in [-0.3, -0.25) is 9.59 Å². The van der Waals surface area contributed by atoms with Crippen LogP contribution in [0.3, 0.4) is 0 Å². The summed E-state index contributed by atoms with van der Waals surface area (Å²) in [5.74, 6) is -0.439. The molecule has 90 valence electrons. The minimum atomic E-state index is -0.941. The van der Waals surface area contributed by atoms with Gasteiger partial charge in [-0.15, -0.1) is 0 Å². The number of carbonyl (C=O) groups is 2. The minimum Gasteiger partial charge on any atom is -0.489 e. The first-order valence-corrected chi connectivity index (χ1v) is 5.65. The molecular weight excluding hydrogens is 220 g/mol. The van der Waals surface area contributed by atoms with Crippen molar-refractivity contribution >= 4 is 11.8 Å². The lowest BCUT2D eigenvalue weighted by atomic mass is 9.93. The second-order valence-corrected chi connectivity index (χ2v) is 4.14. The van der Waals surface area contributed by atoms with Gasteiger partial charge in [0.1, 0.15) is 11.9 Å². The van der Waals surface area contributed by atoms with Gasteiger partial charge in [0.25, 0.3) is 0 Å².